The van der Waals surface area contributed by atoms with Crippen LogP contribution in [-0.4, -0.2) is 6.61 Å². The zero-order valence-corrected chi connectivity index (χ0v) is 13.2. The molecule has 0 amide bonds. The Kier molecular flexibility index (Phi) is 4.17. The van der Waals surface area contributed by atoms with E-state index in [4.69, 9.17) is 4.74 Å². The summed E-state index contributed by atoms with van der Waals surface area (Å²) in [5.41, 5.74) is 0. The summed E-state index contributed by atoms with van der Waals surface area (Å²) < 4.78 is 68.4. The fraction of sp³-hybridized carbons (Fsp3) is 0.600. The molecule has 0 radical (unpaired) electrons. The number of halogens is 5. The number of rotatable bonds is 5. The molecule has 0 saturated heterocycles. The fourth-order valence-electron chi connectivity index (χ4n) is 2.81. The van der Waals surface area contributed by atoms with Crippen molar-refractivity contribution in [1.82, 2.24) is 0 Å². The number of ether oxygens (including phenoxy) is 1. The average molecular weight is 344 g/mol. The number of hydrogen-bond donors (Lipinski definition) is 0. The quantitative estimate of drug-likeness (QED) is 0.526. The van der Waals surface area contributed by atoms with Gasteiger partial charge in [-0.05, 0) is 48.9 Å². The van der Waals surface area contributed by atoms with Gasteiger partial charge in [0.05, 0.1) is 6.61 Å². The monoisotopic (exact) mass is 344 g/mol. The van der Waals surface area contributed by atoms with Crippen LogP contribution in [0.25, 0.3) is 0 Å². The van der Waals surface area contributed by atoms with Gasteiger partial charge in [-0.1, -0.05) is 45.6 Å². The summed E-state index contributed by atoms with van der Waals surface area (Å²) in [6.07, 6.45) is 5.55. The van der Waals surface area contributed by atoms with Crippen molar-refractivity contribution in [3.63, 3.8) is 0 Å². The Labute approximate surface area is 127 Å². The second kappa shape index (κ2) is 5.28. The van der Waals surface area contributed by atoms with Crippen LogP contribution in [0.2, 0.25) is 0 Å². The molecule has 0 heterocycles. The molecular weight excluding hydrogens is 323 g/mol. The Balaban J connectivity index is 1.91. The van der Waals surface area contributed by atoms with E-state index in [0.717, 1.165) is 43.7 Å². The highest BCUT2D eigenvalue weighted by Crippen LogP contribution is 3.02. The SMILES string of the molecule is CCC1CCC(COc2ccc(S(F)(F)(F)(F)F)cc2)CC1. The van der Waals surface area contributed by atoms with Gasteiger partial charge < -0.3 is 4.74 Å². The molecule has 1 aliphatic rings. The maximum atomic E-state index is 12.6. The zero-order chi connectivity index (χ0) is 16.5. The molecule has 0 aromatic heterocycles. The van der Waals surface area contributed by atoms with Crippen LogP contribution in [0.4, 0.5) is 19.4 Å². The smallest absolute Gasteiger partial charge is 0.310 e. The molecule has 0 spiro atoms. The van der Waals surface area contributed by atoms with Gasteiger partial charge in [-0.25, -0.2) is 0 Å². The predicted octanol–water partition coefficient (Wildman–Crippen LogP) is 6.94. The molecule has 0 aliphatic heterocycles. The largest absolute Gasteiger partial charge is 0.493 e. The summed E-state index contributed by atoms with van der Waals surface area (Å²) in [4.78, 5) is -1.88. The second-order valence-electron chi connectivity index (χ2n) is 6.05. The van der Waals surface area contributed by atoms with Crippen molar-refractivity contribution >= 4 is 10.2 Å². The lowest BCUT2D eigenvalue weighted by molar-refractivity contribution is 0.181. The number of benzene rings is 1. The summed E-state index contributed by atoms with van der Waals surface area (Å²) in [7, 11) is -9.58. The van der Waals surface area contributed by atoms with Crippen molar-refractivity contribution in [2.75, 3.05) is 6.61 Å². The summed E-state index contributed by atoms with van der Waals surface area (Å²) in [5.74, 6) is 1.34. The molecule has 1 aromatic rings. The molecule has 0 bridgehead atoms. The van der Waals surface area contributed by atoms with Crippen LogP contribution in [0.3, 0.4) is 0 Å². The van der Waals surface area contributed by atoms with Gasteiger partial charge in [-0.2, -0.15) is 0 Å². The molecule has 1 nitrogen and oxygen atoms in total. The highest BCUT2D eigenvalue weighted by atomic mass is 32.5. The molecule has 1 aromatic carbocycles. The second-order valence-corrected chi connectivity index (χ2v) is 8.46. The van der Waals surface area contributed by atoms with E-state index in [1.165, 1.54) is 6.42 Å². The van der Waals surface area contributed by atoms with Gasteiger partial charge in [0, 0.05) is 0 Å². The molecule has 7 heteroatoms. The van der Waals surface area contributed by atoms with Gasteiger partial charge in [0.2, 0.25) is 0 Å². The lowest BCUT2D eigenvalue weighted by Crippen LogP contribution is -2.19. The first-order valence-electron chi connectivity index (χ1n) is 7.45. The summed E-state index contributed by atoms with van der Waals surface area (Å²) in [6.45, 7) is 2.59. The minimum Gasteiger partial charge on any atom is -0.493 e. The Morgan fingerprint density at radius 2 is 1.41 bits per heavy atom. The fourth-order valence-corrected chi connectivity index (χ4v) is 3.46. The van der Waals surface area contributed by atoms with Gasteiger partial charge in [-0.15, -0.1) is 0 Å². The molecular formula is C15H21F5OS. The summed E-state index contributed by atoms with van der Waals surface area (Å²) in [5, 5.41) is 0. The van der Waals surface area contributed by atoms with Gasteiger partial charge in [0.15, 0.2) is 0 Å². The molecule has 0 atom stereocenters. The van der Waals surface area contributed by atoms with Crippen LogP contribution in [-0.2, 0) is 0 Å². The Morgan fingerprint density at radius 1 is 0.909 bits per heavy atom. The molecule has 1 aliphatic carbocycles. The van der Waals surface area contributed by atoms with Crippen molar-refractivity contribution in [2.24, 2.45) is 11.8 Å². The Bertz CT molecular complexity index is 503. The zero-order valence-electron chi connectivity index (χ0n) is 12.4. The maximum absolute atomic E-state index is 12.6. The maximum Gasteiger partial charge on any atom is 0.310 e. The van der Waals surface area contributed by atoms with Crippen LogP contribution < -0.4 is 4.74 Å². The van der Waals surface area contributed by atoms with E-state index >= 15 is 0 Å². The highest BCUT2D eigenvalue weighted by Gasteiger charge is 2.65. The molecule has 2 rings (SSSR count). The van der Waals surface area contributed by atoms with Crippen LogP contribution in [0, 0.1) is 11.8 Å². The van der Waals surface area contributed by atoms with Crippen molar-refractivity contribution < 1.29 is 24.2 Å². The average Bonchev–Trinajstić information content (AvgIpc) is 2.44. The minimum atomic E-state index is -9.58. The van der Waals surface area contributed by atoms with Gasteiger partial charge in [-0.3, -0.25) is 0 Å². The van der Waals surface area contributed by atoms with E-state index < -0.39 is 15.1 Å². The summed E-state index contributed by atoms with van der Waals surface area (Å²) >= 11 is 0. The van der Waals surface area contributed by atoms with E-state index in [1.807, 2.05) is 0 Å². The third-order valence-corrected chi connectivity index (χ3v) is 5.46. The molecule has 22 heavy (non-hydrogen) atoms. The van der Waals surface area contributed by atoms with Crippen molar-refractivity contribution in [3.8, 4) is 5.75 Å². The first kappa shape index (κ1) is 17.4. The topological polar surface area (TPSA) is 9.23 Å². The minimum absolute atomic E-state index is 0.197. The Hall–Kier alpha value is -0.980. The third-order valence-electron chi connectivity index (χ3n) is 4.30. The van der Waals surface area contributed by atoms with Gasteiger partial charge in [0.1, 0.15) is 10.6 Å². The summed E-state index contributed by atoms with van der Waals surface area (Å²) in [6, 6.07) is 2.71. The normalized spacial score (nSPS) is 26.1. The third kappa shape index (κ3) is 4.76. The standard InChI is InChI=1S/C15H21F5OS/c1-2-12-3-5-13(6-4-12)11-21-14-7-9-15(10-8-14)22(16,17,18,19)20/h7-10,12-13H,2-6,11H2,1H3. The first-order chi connectivity index (χ1) is 9.97. The van der Waals surface area contributed by atoms with Crippen molar-refractivity contribution in [1.29, 1.82) is 0 Å². The Morgan fingerprint density at radius 3 is 1.86 bits per heavy atom. The highest BCUT2D eigenvalue weighted by molar-refractivity contribution is 8.45. The van der Waals surface area contributed by atoms with Crippen LogP contribution >= 0.6 is 10.2 Å². The van der Waals surface area contributed by atoms with E-state index in [9.17, 15) is 19.4 Å². The van der Waals surface area contributed by atoms with E-state index in [0.29, 0.717) is 24.7 Å². The molecule has 1 saturated carbocycles. The molecule has 128 valence electrons. The van der Waals surface area contributed by atoms with Gasteiger partial charge >= 0.3 is 10.2 Å². The van der Waals surface area contributed by atoms with Crippen LogP contribution in [0.1, 0.15) is 39.0 Å². The van der Waals surface area contributed by atoms with Gasteiger partial charge in [0.25, 0.3) is 0 Å². The number of hydrogen-bond acceptors (Lipinski definition) is 1. The van der Waals surface area contributed by atoms with Crippen molar-refractivity contribution in [2.45, 2.75) is 43.9 Å². The van der Waals surface area contributed by atoms with Crippen LogP contribution in [0.5, 0.6) is 5.75 Å². The predicted molar refractivity (Wildman–Crippen MR) is 79.1 cm³/mol. The molecule has 1 fully saturated rings. The lowest BCUT2D eigenvalue weighted by Gasteiger charge is -2.40. The van der Waals surface area contributed by atoms with E-state index in [2.05, 4.69) is 6.92 Å². The lowest BCUT2D eigenvalue weighted by atomic mass is 9.81. The molecule has 0 unspecified atom stereocenters. The molecule has 0 N–H and O–H groups in total. The van der Waals surface area contributed by atoms with Crippen LogP contribution in [0.15, 0.2) is 29.2 Å². The van der Waals surface area contributed by atoms with Crippen molar-refractivity contribution in [3.05, 3.63) is 24.3 Å². The van der Waals surface area contributed by atoms with E-state index in [1.54, 1.807) is 0 Å². The first-order valence-corrected chi connectivity index (χ1v) is 9.40. The van der Waals surface area contributed by atoms with E-state index in [-0.39, 0.29) is 5.75 Å².